The van der Waals surface area contributed by atoms with Crippen molar-refractivity contribution < 1.29 is 9.26 Å². The van der Waals surface area contributed by atoms with E-state index in [1.807, 2.05) is 0 Å². The van der Waals surface area contributed by atoms with Crippen molar-refractivity contribution in [2.45, 2.75) is 104 Å². The van der Waals surface area contributed by atoms with Gasteiger partial charge in [0.15, 0.2) is 8.32 Å². The van der Waals surface area contributed by atoms with E-state index in [1.54, 1.807) is 7.11 Å². The first-order chi connectivity index (χ1) is 13.6. The van der Waals surface area contributed by atoms with Gasteiger partial charge >= 0.3 is 0 Å². The van der Waals surface area contributed by atoms with Gasteiger partial charge < -0.3 is 9.26 Å². The minimum absolute atomic E-state index is 0.380. The number of hydrogen-bond acceptors (Lipinski definition) is 3. The zero-order chi connectivity index (χ0) is 21.0. The van der Waals surface area contributed by atoms with Crippen molar-refractivity contribution in [3.8, 4) is 0 Å². The molecule has 29 heavy (non-hydrogen) atoms. The SMILES string of the molecule is CC[C@H]1CCC2C3CC[C@H]4C[C@@H](O[Si](C)(C)C)CC[C@]4(C)C3C(=NOC)C[C@@]21C. The molecule has 0 heterocycles. The van der Waals surface area contributed by atoms with Crippen molar-refractivity contribution >= 4 is 14.0 Å². The first-order valence-corrected chi connectivity index (χ1v) is 15.8. The fourth-order valence-corrected chi connectivity index (χ4v) is 9.87. The molecule has 0 radical (unpaired) electrons. The molecule has 0 bridgehead atoms. The molecule has 4 rings (SSSR count). The molecule has 166 valence electrons. The summed E-state index contributed by atoms with van der Waals surface area (Å²) in [6, 6.07) is 0. The minimum atomic E-state index is -1.47. The Morgan fingerprint density at radius 3 is 2.45 bits per heavy atom. The molecular formula is C25H45NO2Si. The first kappa shape index (κ1) is 21.9. The van der Waals surface area contributed by atoms with Crippen LogP contribution in [0.3, 0.4) is 0 Å². The second kappa shape index (κ2) is 7.65. The van der Waals surface area contributed by atoms with Crippen LogP contribution in [0, 0.1) is 40.4 Å². The number of hydrogen-bond donors (Lipinski definition) is 0. The Morgan fingerprint density at radius 1 is 1.03 bits per heavy atom. The average molecular weight is 420 g/mol. The van der Waals surface area contributed by atoms with E-state index < -0.39 is 8.32 Å². The van der Waals surface area contributed by atoms with Gasteiger partial charge in [0.1, 0.15) is 7.11 Å². The van der Waals surface area contributed by atoms with E-state index >= 15 is 0 Å². The highest BCUT2D eigenvalue weighted by molar-refractivity contribution is 6.69. The Bertz CT molecular complexity index is 643. The van der Waals surface area contributed by atoms with E-state index in [1.165, 1.54) is 63.5 Å². The third-order valence-corrected chi connectivity index (χ3v) is 10.8. The molecule has 4 heteroatoms. The lowest BCUT2D eigenvalue weighted by Crippen LogP contribution is -2.58. The molecule has 3 unspecified atom stereocenters. The van der Waals surface area contributed by atoms with Crippen molar-refractivity contribution in [1.29, 1.82) is 0 Å². The number of oxime groups is 1. The molecular weight excluding hydrogens is 374 g/mol. The van der Waals surface area contributed by atoms with Crippen LogP contribution in [-0.2, 0) is 9.26 Å². The van der Waals surface area contributed by atoms with Gasteiger partial charge in [-0.2, -0.15) is 0 Å². The van der Waals surface area contributed by atoms with Crippen molar-refractivity contribution in [2.75, 3.05) is 7.11 Å². The van der Waals surface area contributed by atoms with E-state index in [-0.39, 0.29) is 0 Å². The third-order valence-electron chi connectivity index (χ3n) is 9.74. The predicted molar refractivity (Wildman–Crippen MR) is 124 cm³/mol. The maximum absolute atomic E-state index is 6.58. The Hall–Kier alpha value is -0.353. The quantitative estimate of drug-likeness (QED) is 0.367. The average Bonchev–Trinajstić information content (AvgIpc) is 2.96. The van der Waals surface area contributed by atoms with Crippen molar-refractivity contribution in [3.05, 3.63) is 0 Å². The fourth-order valence-electron chi connectivity index (χ4n) is 8.65. The summed E-state index contributed by atoms with van der Waals surface area (Å²) < 4.78 is 6.58. The van der Waals surface area contributed by atoms with Crippen LogP contribution in [0.1, 0.15) is 78.6 Å². The Labute approximate surface area is 180 Å². The second-order valence-electron chi connectivity index (χ2n) is 12.3. The summed E-state index contributed by atoms with van der Waals surface area (Å²) in [4.78, 5) is 5.47. The van der Waals surface area contributed by atoms with Gasteiger partial charge in [-0.15, -0.1) is 0 Å². The smallest absolute Gasteiger partial charge is 0.184 e. The largest absolute Gasteiger partial charge is 0.415 e. The zero-order valence-electron chi connectivity index (χ0n) is 20.1. The summed E-state index contributed by atoms with van der Waals surface area (Å²) >= 11 is 0. The molecule has 4 saturated carbocycles. The van der Waals surface area contributed by atoms with Crippen molar-refractivity contribution in [1.82, 2.24) is 0 Å². The van der Waals surface area contributed by atoms with Crippen LogP contribution < -0.4 is 0 Å². The maximum atomic E-state index is 6.58. The number of nitrogens with zero attached hydrogens (tertiary/aromatic N) is 1. The topological polar surface area (TPSA) is 30.8 Å². The highest BCUT2D eigenvalue weighted by Gasteiger charge is 2.62. The van der Waals surface area contributed by atoms with Crippen LogP contribution in [0.5, 0.6) is 0 Å². The highest BCUT2D eigenvalue weighted by atomic mass is 28.4. The third kappa shape index (κ3) is 3.64. The summed E-state index contributed by atoms with van der Waals surface area (Å²) in [5.41, 5.74) is 2.23. The molecule has 0 aromatic rings. The van der Waals surface area contributed by atoms with Crippen molar-refractivity contribution in [2.24, 2.45) is 45.6 Å². The van der Waals surface area contributed by atoms with Gasteiger partial charge in [0.2, 0.25) is 0 Å². The Morgan fingerprint density at radius 2 is 1.79 bits per heavy atom. The van der Waals surface area contributed by atoms with Crippen LogP contribution in [0.4, 0.5) is 0 Å². The van der Waals surface area contributed by atoms with Gasteiger partial charge in [-0.3, -0.25) is 0 Å². The zero-order valence-corrected chi connectivity index (χ0v) is 21.1. The van der Waals surface area contributed by atoms with E-state index in [0.29, 0.717) is 22.9 Å². The van der Waals surface area contributed by atoms with Gasteiger partial charge in [-0.25, -0.2) is 0 Å². The molecule has 0 amide bonds. The maximum Gasteiger partial charge on any atom is 0.184 e. The first-order valence-electron chi connectivity index (χ1n) is 12.4. The van der Waals surface area contributed by atoms with Gasteiger partial charge in [0, 0.05) is 12.0 Å². The fraction of sp³-hybridized carbons (Fsp3) is 0.960. The predicted octanol–water partition coefficient (Wildman–Crippen LogP) is 6.89. The Kier molecular flexibility index (Phi) is 5.77. The normalized spacial score (nSPS) is 48.7. The summed E-state index contributed by atoms with van der Waals surface area (Å²) in [6.07, 6.45) is 12.4. The summed E-state index contributed by atoms with van der Waals surface area (Å²) in [5, 5.41) is 4.75. The van der Waals surface area contributed by atoms with E-state index in [0.717, 1.165) is 23.7 Å². The van der Waals surface area contributed by atoms with E-state index in [9.17, 15) is 0 Å². The minimum Gasteiger partial charge on any atom is -0.415 e. The van der Waals surface area contributed by atoms with Crippen LogP contribution in [0.2, 0.25) is 19.6 Å². The van der Waals surface area contributed by atoms with Gasteiger partial charge in [0.05, 0.1) is 5.71 Å². The van der Waals surface area contributed by atoms with Gasteiger partial charge in [-0.1, -0.05) is 32.3 Å². The van der Waals surface area contributed by atoms with Crippen LogP contribution in [0.25, 0.3) is 0 Å². The lowest BCUT2D eigenvalue weighted by molar-refractivity contribution is -0.0816. The molecule has 4 aliphatic rings. The van der Waals surface area contributed by atoms with E-state index in [4.69, 9.17) is 14.4 Å². The highest BCUT2D eigenvalue weighted by Crippen LogP contribution is 2.67. The summed E-state index contributed by atoms with van der Waals surface area (Å²) in [7, 11) is 0.284. The van der Waals surface area contributed by atoms with Crippen molar-refractivity contribution in [3.63, 3.8) is 0 Å². The molecule has 8 atom stereocenters. The standard InChI is InChI=1S/C25H45NO2Si/c1-8-17-10-12-21-20-11-9-18-15-19(28-29(5,6)7)13-14-24(18,2)23(20)22(26-27-4)16-25(17,21)3/h17-21,23H,8-16H2,1-7H3/t17-,18-,19-,20?,21?,23?,24-,25+/m0/s1. The molecule has 0 saturated heterocycles. The molecule has 0 aromatic carbocycles. The number of rotatable bonds is 4. The molecule has 0 aliphatic heterocycles. The lowest BCUT2D eigenvalue weighted by atomic mass is 9.44. The molecule has 4 aliphatic carbocycles. The molecule has 0 N–H and O–H groups in total. The Balaban J connectivity index is 1.63. The molecule has 0 spiro atoms. The second-order valence-corrected chi connectivity index (χ2v) is 16.7. The van der Waals surface area contributed by atoms with Crippen LogP contribution in [-0.4, -0.2) is 27.2 Å². The number of fused-ring (bicyclic) bond motifs is 5. The van der Waals surface area contributed by atoms with Crippen LogP contribution >= 0.6 is 0 Å². The van der Waals surface area contributed by atoms with E-state index in [2.05, 4.69) is 40.4 Å². The monoisotopic (exact) mass is 419 g/mol. The lowest BCUT2D eigenvalue weighted by Gasteiger charge is -2.61. The molecule has 3 nitrogen and oxygen atoms in total. The van der Waals surface area contributed by atoms with Gasteiger partial charge in [0.25, 0.3) is 0 Å². The van der Waals surface area contributed by atoms with Gasteiger partial charge in [-0.05, 0) is 106 Å². The molecule has 4 fully saturated rings. The molecule has 0 aromatic heterocycles. The summed E-state index contributed by atoms with van der Waals surface area (Å²) in [6.45, 7) is 14.6. The summed E-state index contributed by atoms with van der Waals surface area (Å²) in [5.74, 6) is 3.98. The van der Waals surface area contributed by atoms with Crippen LogP contribution in [0.15, 0.2) is 5.16 Å².